The third-order valence-corrected chi connectivity index (χ3v) is 9.38. The average Bonchev–Trinajstić information content (AvgIpc) is 3.40. The molecule has 2 aromatic carbocycles. The highest BCUT2D eigenvalue weighted by molar-refractivity contribution is 7.93. The van der Waals surface area contributed by atoms with Gasteiger partial charge >= 0.3 is 0 Å². The van der Waals surface area contributed by atoms with E-state index >= 15 is 0 Å². The fourth-order valence-corrected chi connectivity index (χ4v) is 7.10. The summed E-state index contributed by atoms with van der Waals surface area (Å²) in [5.41, 5.74) is -0.137. The summed E-state index contributed by atoms with van der Waals surface area (Å²) in [4.78, 5) is 27.2. The van der Waals surface area contributed by atoms with Crippen LogP contribution in [-0.4, -0.2) is 59.2 Å². The largest absolute Gasteiger partial charge is 0.496 e. The highest BCUT2D eigenvalue weighted by Gasteiger charge is 2.60. The number of carbonyl (C=O) groups excluding carboxylic acids is 2. The Kier molecular flexibility index (Phi) is 6.47. The number of nitrogens with one attached hydrogen (secondary N) is 1. The van der Waals surface area contributed by atoms with E-state index in [1.54, 1.807) is 25.1 Å². The molecule has 202 valence electrons. The highest BCUT2D eigenvalue weighted by atomic mass is 35.5. The van der Waals surface area contributed by atoms with Crippen molar-refractivity contribution in [2.24, 2.45) is 5.92 Å². The van der Waals surface area contributed by atoms with Gasteiger partial charge in [0.15, 0.2) is 5.75 Å². The topological polar surface area (TPSA) is 120 Å². The first-order valence-electron chi connectivity index (χ1n) is 12.0. The molecule has 0 saturated carbocycles. The molecule has 2 aromatic rings. The van der Waals surface area contributed by atoms with Crippen LogP contribution in [-0.2, 0) is 14.8 Å². The van der Waals surface area contributed by atoms with Crippen molar-refractivity contribution in [1.29, 1.82) is 0 Å². The molecule has 10 nitrogen and oxygen atoms in total. The Bertz CT molecular complexity index is 1490. The van der Waals surface area contributed by atoms with Gasteiger partial charge in [0, 0.05) is 36.0 Å². The molecular weight excluding hydrogens is 536 g/mol. The Balaban J connectivity index is 1.47. The van der Waals surface area contributed by atoms with Crippen LogP contribution in [0.25, 0.3) is 0 Å². The number of sulfonamides is 1. The third kappa shape index (κ3) is 3.87. The van der Waals surface area contributed by atoms with Crippen molar-refractivity contribution in [2.75, 3.05) is 43.2 Å². The van der Waals surface area contributed by atoms with Crippen LogP contribution >= 0.6 is 11.6 Å². The maximum Gasteiger partial charge on any atom is 0.236 e. The van der Waals surface area contributed by atoms with E-state index < -0.39 is 33.1 Å². The number of allylic oxidation sites excluding steroid dienone is 1. The van der Waals surface area contributed by atoms with Crippen molar-refractivity contribution in [2.45, 2.75) is 25.4 Å². The van der Waals surface area contributed by atoms with Crippen molar-refractivity contribution in [1.82, 2.24) is 0 Å². The lowest BCUT2D eigenvalue weighted by Gasteiger charge is -2.35. The predicted molar refractivity (Wildman–Crippen MR) is 141 cm³/mol. The molecule has 0 bridgehead atoms. The van der Waals surface area contributed by atoms with Gasteiger partial charge in [-0.25, -0.2) is 8.42 Å². The van der Waals surface area contributed by atoms with E-state index in [0.717, 1.165) is 0 Å². The molecule has 3 aliphatic rings. The second-order valence-corrected chi connectivity index (χ2v) is 11.7. The summed E-state index contributed by atoms with van der Waals surface area (Å²) in [6.45, 7) is 2.12. The number of rotatable bonds is 6. The quantitative estimate of drug-likeness (QED) is 0.524. The number of fused-ring (bicyclic) bond motifs is 1. The second kappa shape index (κ2) is 9.39. The van der Waals surface area contributed by atoms with Crippen molar-refractivity contribution in [3.05, 3.63) is 46.6 Å². The number of hydrogen-bond donors (Lipinski definition) is 1. The number of methoxy groups -OCH3 is 3. The second-order valence-electron chi connectivity index (χ2n) is 9.36. The molecule has 0 radical (unpaired) electrons. The molecule has 2 aliphatic heterocycles. The maximum atomic E-state index is 13.7. The number of hydrogen-bond acceptors (Lipinski definition) is 9. The summed E-state index contributed by atoms with van der Waals surface area (Å²) < 4.78 is 48.5. The molecule has 5 rings (SSSR count). The Morgan fingerprint density at radius 1 is 1.08 bits per heavy atom. The van der Waals surface area contributed by atoms with E-state index in [1.807, 2.05) is 0 Å². The first-order valence-corrected chi connectivity index (χ1v) is 13.9. The van der Waals surface area contributed by atoms with Crippen LogP contribution in [0, 0.1) is 5.92 Å². The number of Topliss-reactive ketones (excluding diaryl/α,β-unsaturated/α-hetero) is 1. The fourth-order valence-electron chi connectivity index (χ4n) is 5.27. The van der Waals surface area contributed by atoms with Crippen LogP contribution < -0.4 is 28.6 Å². The molecule has 2 unspecified atom stereocenters. The molecule has 12 heteroatoms. The van der Waals surface area contributed by atoms with Gasteiger partial charge < -0.3 is 24.3 Å². The van der Waals surface area contributed by atoms with Crippen LogP contribution in [0.1, 0.15) is 30.1 Å². The van der Waals surface area contributed by atoms with Crippen LogP contribution in [0.2, 0.25) is 5.02 Å². The molecule has 0 aromatic heterocycles. The van der Waals surface area contributed by atoms with Crippen LogP contribution in [0.5, 0.6) is 23.0 Å². The van der Waals surface area contributed by atoms with Gasteiger partial charge in [0.1, 0.15) is 27.8 Å². The van der Waals surface area contributed by atoms with E-state index in [2.05, 4.69) is 5.32 Å². The summed E-state index contributed by atoms with van der Waals surface area (Å²) in [7, 11) is 0.886. The summed E-state index contributed by atoms with van der Waals surface area (Å²) in [5.74, 6) is -0.596. The van der Waals surface area contributed by atoms with Crippen LogP contribution in [0.15, 0.2) is 36.0 Å². The number of carbonyl (C=O) groups is 2. The van der Waals surface area contributed by atoms with Crippen molar-refractivity contribution < 1.29 is 37.0 Å². The zero-order chi connectivity index (χ0) is 27.4. The Morgan fingerprint density at radius 3 is 2.39 bits per heavy atom. The molecule has 1 aliphatic carbocycles. The summed E-state index contributed by atoms with van der Waals surface area (Å²) in [5, 5.41) is 3.29. The smallest absolute Gasteiger partial charge is 0.236 e. The number of benzene rings is 2. The minimum Gasteiger partial charge on any atom is -0.496 e. The lowest BCUT2D eigenvalue weighted by Crippen LogP contribution is -2.55. The molecule has 1 N–H and O–H groups in total. The van der Waals surface area contributed by atoms with E-state index in [9.17, 15) is 18.0 Å². The molecule has 1 spiro atoms. The minimum absolute atomic E-state index is 0.0597. The number of ether oxygens (including phenoxy) is 4. The fraction of sp³-hybridized carbons (Fsp3) is 0.385. The SMILES string of the molecule is COc1ccc(NC2=CC(=O)C3(Oc4c(Cl)c(OC)cc(OC)c4C3=O)C(C)C2)cc1N1CCCS1(=O)=O. The maximum absolute atomic E-state index is 13.7. The Morgan fingerprint density at radius 2 is 1.79 bits per heavy atom. The minimum atomic E-state index is -3.43. The highest BCUT2D eigenvalue weighted by Crippen LogP contribution is 2.53. The Hall–Kier alpha value is -3.44. The number of halogens is 1. The van der Waals surface area contributed by atoms with E-state index in [1.165, 1.54) is 37.8 Å². The van der Waals surface area contributed by atoms with Crippen molar-refractivity contribution in [3.63, 3.8) is 0 Å². The number of anilines is 2. The van der Waals surface area contributed by atoms with Crippen LogP contribution in [0.4, 0.5) is 11.4 Å². The van der Waals surface area contributed by atoms with Crippen molar-refractivity contribution in [3.8, 4) is 23.0 Å². The van der Waals surface area contributed by atoms with Gasteiger partial charge in [-0.1, -0.05) is 18.5 Å². The molecule has 38 heavy (non-hydrogen) atoms. The summed E-state index contributed by atoms with van der Waals surface area (Å²) in [6.07, 6.45) is 2.17. The molecule has 2 atom stereocenters. The molecule has 1 saturated heterocycles. The summed E-state index contributed by atoms with van der Waals surface area (Å²) in [6, 6.07) is 6.56. The lowest BCUT2D eigenvalue weighted by molar-refractivity contribution is -0.129. The van der Waals surface area contributed by atoms with Gasteiger partial charge in [-0.15, -0.1) is 0 Å². The molecule has 1 fully saturated rings. The first-order chi connectivity index (χ1) is 18.1. The lowest BCUT2D eigenvalue weighted by atomic mass is 9.74. The zero-order valence-corrected chi connectivity index (χ0v) is 22.9. The van der Waals surface area contributed by atoms with Crippen molar-refractivity contribution >= 4 is 44.6 Å². The molecule has 2 heterocycles. The monoisotopic (exact) mass is 562 g/mol. The number of nitrogens with zero attached hydrogens (tertiary/aromatic N) is 1. The van der Waals surface area contributed by atoms with Crippen LogP contribution in [0.3, 0.4) is 0 Å². The molecular formula is C26H27ClN2O8S. The standard InChI is InChI=1S/C26H27ClN2O8S/c1-14-10-16(28-15-6-7-18(34-2)17(11-15)29-8-5-9-38(29,32)33)12-21(30)26(14)25(31)22-19(35-3)13-20(36-4)23(27)24(22)37-26/h6-7,11-14,28H,5,8-10H2,1-4H3. The van der Waals surface area contributed by atoms with Gasteiger partial charge in [0.2, 0.25) is 27.2 Å². The van der Waals surface area contributed by atoms with E-state index in [-0.39, 0.29) is 33.6 Å². The van der Waals surface area contributed by atoms with E-state index in [0.29, 0.717) is 42.2 Å². The van der Waals surface area contributed by atoms with Gasteiger partial charge in [-0.2, -0.15) is 0 Å². The number of ketones is 2. The Labute approximate surface area is 225 Å². The molecule has 0 amide bonds. The van der Waals surface area contributed by atoms with E-state index in [4.69, 9.17) is 30.5 Å². The third-order valence-electron chi connectivity index (χ3n) is 7.16. The van der Waals surface area contributed by atoms with Gasteiger partial charge in [-0.05, 0) is 31.0 Å². The zero-order valence-electron chi connectivity index (χ0n) is 21.3. The predicted octanol–water partition coefficient (Wildman–Crippen LogP) is 3.82. The van der Waals surface area contributed by atoms with Gasteiger partial charge in [0.25, 0.3) is 0 Å². The summed E-state index contributed by atoms with van der Waals surface area (Å²) >= 11 is 6.44. The van der Waals surface area contributed by atoms with Gasteiger partial charge in [-0.3, -0.25) is 13.9 Å². The average molecular weight is 563 g/mol. The normalized spacial score (nSPS) is 23.7. The first kappa shape index (κ1) is 26.2. The van der Waals surface area contributed by atoms with Gasteiger partial charge in [0.05, 0.1) is 32.8 Å².